The molecule has 0 unspecified atom stereocenters. The van der Waals surface area contributed by atoms with Gasteiger partial charge in [-0.25, -0.2) is 14.8 Å². The van der Waals surface area contributed by atoms with Crippen LogP contribution in [0.5, 0.6) is 5.75 Å². The minimum Gasteiger partial charge on any atom is -0.489 e. The summed E-state index contributed by atoms with van der Waals surface area (Å²) < 4.78 is 9.63. The van der Waals surface area contributed by atoms with Gasteiger partial charge in [-0.2, -0.15) is 0 Å². The minimum atomic E-state index is 0.0110. The Hall–Kier alpha value is -3.61. The molecule has 2 aromatic carbocycles. The van der Waals surface area contributed by atoms with Crippen LogP contribution in [-0.2, 0) is 26.1 Å². The Kier molecular flexibility index (Phi) is 6.21. The number of benzene rings is 2. The highest BCUT2D eigenvalue weighted by Crippen LogP contribution is 2.37. The SMILES string of the molecule is CCCn1c2nc(C3CCCC3)nc-2c2n(c1=O)C[C@H](Cc1ccc(OCc3ccccc3)cc1)N2. The van der Waals surface area contributed by atoms with Gasteiger partial charge in [-0.3, -0.25) is 9.13 Å². The van der Waals surface area contributed by atoms with E-state index in [9.17, 15) is 4.79 Å². The van der Waals surface area contributed by atoms with Gasteiger partial charge < -0.3 is 10.1 Å². The van der Waals surface area contributed by atoms with E-state index >= 15 is 0 Å². The summed E-state index contributed by atoms with van der Waals surface area (Å²) in [6.45, 7) is 3.94. The van der Waals surface area contributed by atoms with Crippen molar-refractivity contribution < 1.29 is 4.74 Å². The Bertz CT molecular complexity index is 1350. The molecule has 1 atom stereocenters. The van der Waals surface area contributed by atoms with Gasteiger partial charge in [0.1, 0.15) is 29.7 Å². The van der Waals surface area contributed by atoms with E-state index in [4.69, 9.17) is 14.7 Å². The van der Waals surface area contributed by atoms with Crippen LogP contribution in [0.25, 0.3) is 11.5 Å². The Labute approximate surface area is 211 Å². The zero-order valence-electron chi connectivity index (χ0n) is 20.8. The Morgan fingerprint density at radius 2 is 1.78 bits per heavy atom. The molecule has 186 valence electrons. The van der Waals surface area contributed by atoms with E-state index in [1.54, 1.807) is 0 Å². The fourth-order valence-electron chi connectivity index (χ4n) is 5.59. The minimum absolute atomic E-state index is 0.0110. The highest BCUT2D eigenvalue weighted by molar-refractivity contribution is 5.70. The summed E-state index contributed by atoms with van der Waals surface area (Å²) in [6.07, 6.45) is 6.46. The van der Waals surface area contributed by atoms with E-state index in [0.29, 0.717) is 25.6 Å². The molecule has 3 aliphatic heterocycles. The summed E-state index contributed by atoms with van der Waals surface area (Å²) in [6, 6.07) is 18.6. The smallest absolute Gasteiger partial charge is 0.331 e. The summed E-state index contributed by atoms with van der Waals surface area (Å²) in [5.74, 6) is 3.76. The molecule has 0 amide bonds. The molecule has 2 aromatic rings. The average molecular weight is 484 g/mol. The fourth-order valence-corrected chi connectivity index (χ4v) is 5.59. The predicted octanol–water partition coefficient (Wildman–Crippen LogP) is 5.23. The number of anilines is 1. The van der Waals surface area contributed by atoms with Gasteiger partial charge >= 0.3 is 5.69 Å². The zero-order valence-corrected chi connectivity index (χ0v) is 20.8. The second-order valence-electron chi connectivity index (χ2n) is 10.1. The summed E-state index contributed by atoms with van der Waals surface area (Å²) in [7, 11) is 0. The lowest BCUT2D eigenvalue weighted by atomic mass is 10.1. The number of nitrogens with zero attached hydrogens (tertiary/aromatic N) is 4. The average Bonchev–Trinajstić information content (AvgIpc) is 3.66. The highest BCUT2D eigenvalue weighted by atomic mass is 16.5. The van der Waals surface area contributed by atoms with Gasteiger partial charge in [-0.1, -0.05) is 62.2 Å². The number of ether oxygens (including phenoxy) is 1. The lowest BCUT2D eigenvalue weighted by Crippen LogP contribution is -2.32. The molecule has 7 heteroatoms. The van der Waals surface area contributed by atoms with Crippen molar-refractivity contribution in [3.8, 4) is 17.3 Å². The van der Waals surface area contributed by atoms with Crippen LogP contribution in [0.4, 0.5) is 5.82 Å². The number of aromatic nitrogens is 4. The van der Waals surface area contributed by atoms with Crippen molar-refractivity contribution in [3.63, 3.8) is 0 Å². The maximum atomic E-state index is 13.4. The normalized spacial score (nSPS) is 17.4. The second kappa shape index (κ2) is 9.80. The van der Waals surface area contributed by atoms with Gasteiger partial charge in [0.15, 0.2) is 5.82 Å². The van der Waals surface area contributed by atoms with E-state index in [0.717, 1.165) is 60.2 Å². The van der Waals surface area contributed by atoms with Crippen molar-refractivity contribution in [2.45, 2.75) is 77.1 Å². The Balaban J connectivity index is 1.20. The predicted molar refractivity (Wildman–Crippen MR) is 141 cm³/mol. The molecule has 6 rings (SSSR count). The monoisotopic (exact) mass is 483 g/mol. The first-order valence-electron chi connectivity index (χ1n) is 13.2. The van der Waals surface area contributed by atoms with Gasteiger partial charge in [0.25, 0.3) is 0 Å². The molecule has 1 saturated carbocycles. The van der Waals surface area contributed by atoms with Gasteiger partial charge in [0.05, 0.1) is 0 Å². The van der Waals surface area contributed by atoms with Gasteiger partial charge in [0, 0.05) is 25.0 Å². The van der Waals surface area contributed by atoms with E-state index in [-0.39, 0.29) is 11.7 Å². The summed E-state index contributed by atoms with van der Waals surface area (Å²) in [4.78, 5) is 23.3. The number of hydrogen-bond donors (Lipinski definition) is 1. The molecule has 1 N–H and O–H groups in total. The van der Waals surface area contributed by atoms with Crippen molar-refractivity contribution in [2.24, 2.45) is 0 Å². The van der Waals surface area contributed by atoms with Crippen LogP contribution in [0.2, 0.25) is 0 Å². The van der Waals surface area contributed by atoms with Crippen LogP contribution in [0.3, 0.4) is 0 Å². The van der Waals surface area contributed by atoms with Crippen LogP contribution in [0.1, 0.15) is 61.9 Å². The van der Waals surface area contributed by atoms with Crippen LogP contribution in [-0.4, -0.2) is 25.1 Å². The summed E-state index contributed by atoms with van der Waals surface area (Å²) in [5.41, 5.74) is 3.21. The standard InChI is InChI=1S/C29H33N5O2/c1-2-16-33-28-25(31-26(32-28)22-10-6-7-11-22)27-30-23(18-34(27)29(33)35)17-20-12-14-24(15-13-20)36-19-21-8-4-3-5-9-21/h3-5,8-9,12-15,22-23,30H,2,6-7,10-11,16-19H2,1H3/t23-/m0/s1. The van der Waals surface area contributed by atoms with Crippen LogP contribution < -0.4 is 15.7 Å². The largest absolute Gasteiger partial charge is 0.489 e. The molecule has 4 aliphatic rings. The first-order valence-corrected chi connectivity index (χ1v) is 13.2. The van der Waals surface area contributed by atoms with Gasteiger partial charge in [-0.05, 0) is 48.9 Å². The first-order chi connectivity index (χ1) is 17.7. The van der Waals surface area contributed by atoms with Crippen molar-refractivity contribution >= 4 is 5.82 Å². The summed E-state index contributed by atoms with van der Waals surface area (Å²) in [5, 5.41) is 3.62. The third-order valence-corrected chi connectivity index (χ3v) is 7.44. The van der Waals surface area contributed by atoms with E-state index < -0.39 is 0 Å². The maximum absolute atomic E-state index is 13.4. The van der Waals surface area contributed by atoms with Crippen LogP contribution in [0.15, 0.2) is 59.4 Å². The second-order valence-corrected chi connectivity index (χ2v) is 10.1. The summed E-state index contributed by atoms with van der Waals surface area (Å²) >= 11 is 0. The molecule has 1 aliphatic carbocycles. The molecule has 0 saturated heterocycles. The molecule has 0 spiro atoms. The molecular weight excluding hydrogens is 450 g/mol. The number of nitrogens with one attached hydrogen (secondary N) is 1. The van der Waals surface area contributed by atoms with Crippen LogP contribution in [0, 0.1) is 0 Å². The topological polar surface area (TPSA) is 74.0 Å². The lowest BCUT2D eigenvalue weighted by Gasteiger charge is -2.13. The van der Waals surface area contributed by atoms with Crippen LogP contribution >= 0.6 is 0 Å². The molecule has 36 heavy (non-hydrogen) atoms. The molecule has 7 nitrogen and oxygen atoms in total. The lowest BCUT2D eigenvalue weighted by molar-refractivity contribution is 0.306. The Morgan fingerprint density at radius 1 is 1.00 bits per heavy atom. The fraction of sp³-hybridized carbons (Fsp3) is 0.414. The molecule has 1 fully saturated rings. The van der Waals surface area contributed by atoms with Crippen molar-refractivity contribution in [1.29, 1.82) is 0 Å². The molecule has 3 heterocycles. The number of hydrogen-bond acceptors (Lipinski definition) is 5. The van der Waals surface area contributed by atoms with Gasteiger partial charge in [-0.15, -0.1) is 0 Å². The van der Waals surface area contributed by atoms with Crippen molar-refractivity contribution in [1.82, 2.24) is 19.1 Å². The number of imidazole rings is 1. The number of fused-ring (bicyclic) bond motifs is 3. The quantitative estimate of drug-likeness (QED) is 0.372. The molecule has 0 aromatic heterocycles. The highest BCUT2D eigenvalue weighted by Gasteiger charge is 2.33. The third-order valence-electron chi connectivity index (χ3n) is 7.44. The third kappa shape index (κ3) is 4.38. The van der Waals surface area contributed by atoms with E-state index in [1.807, 2.05) is 39.5 Å². The van der Waals surface area contributed by atoms with Crippen molar-refractivity contribution in [2.75, 3.05) is 5.32 Å². The first kappa shape index (κ1) is 22.8. The Morgan fingerprint density at radius 3 is 2.53 bits per heavy atom. The zero-order chi connectivity index (χ0) is 24.5. The maximum Gasteiger partial charge on any atom is 0.331 e. The van der Waals surface area contributed by atoms with Gasteiger partial charge in [0.2, 0.25) is 0 Å². The van der Waals surface area contributed by atoms with E-state index in [2.05, 4.69) is 36.5 Å². The molecular formula is C29H33N5O2. The molecule has 0 radical (unpaired) electrons. The van der Waals surface area contributed by atoms with E-state index in [1.165, 1.54) is 18.4 Å². The molecule has 0 bridgehead atoms. The number of rotatable bonds is 8. The van der Waals surface area contributed by atoms with Crippen molar-refractivity contribution in [3.05, 3.63) is 82.0 Å².